The number of aromatic nitrogens is 2. The van der Waals surface area contributed by atoms with Gasteiger partial charge in [0.1, 0.15) is 5.01 Å². The van der Waals surface area contributed by atoms with E-state index in [1.165, 1.54) is 53.2 Å². The molecule has 10 heteroatoms. The number of para-hydroxylation sites is 2. The van der Waals surface area contributed by atoms with Crippen molar-refractivity contribution in [1.82, 2.24) is 10.2 Å². The summed E-state index contributed by atoms with van der Waals surface area (Å²) in [6.45, 7) is 2.22. The fourth-order valence-electron chi connectivity index (χ4n) is 4.09. The molecule has 3 aromatic rings. The van der Waals surface area contributed by atoms with Crippen molar-refractivity contribution in [3.8, 4) is 0 Å². The summed E-state index contributed by atoms with van der Waals surface area (Å²) < 4.78 is 0. The van der Waals surface area contributed by atoms with Gasteiger partial charge in [-0.2, -0.15) is 5.11 Å². The molecule has 0 unspecified atom stereocenters. The van der Waals surface area contributed by atoms with Gasteiger partial charge in [-0.05, 0) is 42.9 Å². The van der Waals surface area contributed by atoms with E-state index in [0.717, 1.165) is 24.3 Å². The van der Waals surface area contributed by atoms with Gasteiger partial charge in [-0.3, -0.25) is 19.4 Å². The Morgan fingerprint density at radius 2 is 1.35 bits per heavy atom. The van der Waals surface area contributed by atoms with Crippen molar-refractivity contribution in [2.75, 3.05) is 9.80 Å². The van der Waals surface area contributed by atoms with Crippen molar-refractivity contribution < 1.29 is 9.59 Å². The SMILES string of the molecule is CCCCCCCCCc1nnc(N=NC2C(=O)N(c3ccccc3)C(=S)N(c3ccccc3)C2=O)s1. The van der Waals surface area contributed by atoms with Crippen molar-refractivity contribution in [1.29, 1.82) is 0 Å². The number of amides is 2. The Bertz CT molecular complexity index is 1170. The van der Waals surface area contributed by atoms with E-state index in [1.807, 2.05) is 12.1 Å². The van der Waals surface area contributed by atoms with Gasteiger partial charge in [0.2, 0.25) is 6.04 Å². The van der Waals surface area contributed by atoms with Crippen molar-refractivity contribution >= 4 is 57.0 Å². The molecule has 0 radical (unpaired) electrons. The first-order valence-corrected chi connectivity index (χ1v) is 13.9. The molecular weight excluding hydrogens is 504 g/mol. The van der Waals surface area contributed by atoms with E-state index in [4.69, 9.17) is 12.2 Å². The standard InChI is InChI=1S/C27H30N6O2S2/c1-2-3-4-5-6-7-14-19-22-28-30-26(37-22)31-29-23-24(34)32(20-15-10-8-11-16-20)27(36)33(25(23)35)21-17-12-9-13-18-21/h8-13,15-18,23H,2-7,14,19H2,1H3. The number of unbranched alkanes of at least 4 members (excludes halogenated alkanes) is 6. The van der Waals surface area contributed by atoms with Gasteiger partial charge in [0, 0.05) is 6.42 Å². The maximum absolute atomic E-state index is 13.4. The van der Waals surface area contributed by atoms with Crippen LogP contribution in [0.15, 0.2) is 70.9 Å². The lowest BCUT2D eigenvalue weighted by molar-refractivity contribution is -0.128. The van der Waals surface area contributed by atoms with Crippen LogP contribution in [0.3, 0.4) is 0 Å². The molecule has 0 atom stereocenters. The summed E-state index contributed by atoms with van der Waals surface area (Å²) in [4.78, 5) is 29.5. The van der Waals surface area contributed by atoms with Crippen LogP contribution in [0.2, 0.25) is 0 Å². The average molecular weight is 535 g/mol. The zero-order valence-electron chi connectivity index (χ0n) is 20.8. The molecular formula is C27H30N6O2S2. The van der Waals surface area contributed by atoms with Crippen LogP contribution >= 0.6 is 23.6 Å². The van der Waals surface area contributed by atoms with Gasteiger partial charge in [0.05, 0.1) is 11.4 Å². The first-order chi connectivity index (χ1) is 18.1. The second-order valence-electron chi connectivity index (χ2n) is 8.77. The number of hydrogen-bond donors (Lipinski definition) is 0. The van der Waals surface area contributed by atoms with E-state index < -0.39 is 17.9 Å². The largest absolute Gasteiger partial charge is 0.271 e. The van der Waals surface area contributed by atoms with Gasteiger partial charge in [0.15, 0.2) is 5.11 Å². The highest BCUT2D eigenvalue weighted by Gasteiger charge is 2.45. The molecule has 0 saturated carbocycles. The summed E-state index contributed by atoms with van der Waals surface area (Å²) in [5, 5.41) is 17.9. The average Bonchev–Trinajstić information content (AvgIpc) is 3.37. The van der Waals surface area contributed by atoms with Crippen LogP contribution in [0.25, 0.3) is 0 Å². The lowest BCUT2D eigenvalue weighted by Crippen LogP contribution is -2.62. The van der Waals surface area contributed by atoms with Gasteiger partial charge >= 0.3 is 0 Å². The van der Waals surface area contributed by atoms with E-state index in [9.17, 15) is 9.59 Å². The minimum absolute atomic E-state index is 0.0757. The Kier molecular flexibility index (Phi) is 9.56. The number of nitrogens with zero attached hydrogens (tertiary/aromatic N) is 6. The van der Waals surface area contributed by atoms with Crippen LogP contribution in [0.5, 0.6) is 0 Å². The van der Waals surface area contributed by atoms with Crippen molar-refractivity contribution in [2.45, 2.75) is 64.3 Å². The van der Waals surface area contributed by atoms with Crippen LogP contribution in [0.4, 0.5) is 16.5 Å². The van der Waals surface area contributed by atoms with Crippen LogP contribution in [-0.2, 0) is 16.0 Å². The molecule has 1 aromatic heterocycles. The molecule has 8 nitrogen and oxygen atoms in total. The maximum Gasteiger partial charge on any atom is 0.269 e. The van der Waals surface area contributed by atoms with Crippen LogP contribution in [0, 0.1) is 0 Å². The smallest absolute Gasteiger partial charge is 0.269 e. The Balaban J connectivity index is 1.48. The second-order valence-corrected chi connectivity index (χ2v) is 10.2. The molecule has 2 aromatic carbocycles. The molecule has 1 fully saturated rings. The summed E-state index contributed by atoms with van der Waals surface area (Å²) in [6.07, 6.45) is 9.40. The molecule has 0 bridgehead atoms. The fourth-order valence-corrected chi connectivity index (χ4v) is 5.19. The van der Waals surface area contributed by atoms with Crippen molar-refractivity contribution in [3.63, 3.8) is 0 Å². The molecule has 0 spiro atoms. The van der Waals surface area contributed by atoms with E-state index in [-0.39, 0.29) is 5.11 Å². The quantitative estimate of drug-likeness (QED) is 0.112. The number of carbonyl (C=O) groups excluding carboxylic acids is 2. The van der Waals surface area contributed by atoms with Crippen LogP contribution < -0.4 is 9.80 Å². The summed E-state index contributed by atoms with van der Waals surface area (Å²) in [5.41, 5.74) is 1.11. The molecule has 0 aliphatic carbocycles. The van der Waals surface area contributed by atoms with E-state index in [0.29, 0.717) is 16.5 Å². The molecule has 1 aliphatic heterocycles. The number of benzene rings is 2. The molecule has 192 valence electrons. The number of hydrogen-bond acceptors (Lipinski definition) is 8. The van der Waals surface area contributed by atoms with Crippen LogP contribution in [-0.4, -0.2) is 33.2 Å². The van der Waals surface area contributed by atoms with E-state index in [1.54, 1.807) is 48.5 Å². The lowest BCUT2D eigenvalue weighted by atomic mass is 10.1. The van der Waals surface area contributed by atoms with E-state index >= 15 is 0 Å². The number of rotatable bonds is 12. The predicted octanol–water partition coefficient (Wildman–Crippen LogP) is 6.65. The molecule has 2 amide bonds. The highest BCUT2D eigenvalue weighted by atomic mass is 32.1. The molecule has 4 rings (SSSR count). The predicted molar refractivity (Wildman–Crippen MR) is 150 cm³/mol. The number of thiocarbonyl (C=S) groups is 1. The van der Waals surface area contributed by atoms with Gasteiger partial charge in [-0.15, -0.1) is 15.3 Å². The van der Waals surface area contributed by atoms with Crippen molar-refractivity contribution in [3.05, 3.63) is 65.7 Å². The number of carbonyl (C=O) groups is 2. The zero-order chi connectivity index (χ0) is 26.0. The molecule has 37 heavy (non-hydrogen) atoms. The Hall–Kier alpha value is -3.37. The Labute approximate surface area is 226 Å². The second kappa shape index (κ2) is 13.3. The van der Waals surface area contributed by atoms with Gasteiger partial charge in [0.25, 0.3) is 16.9 Å². The summed E-state index contributed by atoms with van der Waals surface area (Å²) in [6, 6.07) is 16.6. The number of azo groups is 1. The third kappa shape index (κ3) is 6.69. The molecule has 1 saturated heterocycles. The first kappa shape index (κ1) is 26.7. The highest BCUT2D eigenvalue weighted by Crippen LogP contribution is 2.29. The summed E-state index contributed by atoms with van der Waals surface area (Å²) in [5.74, 6) is -1.10. The number of aryl methyl sites for hydroxylation is 1. The zero-order valence-corrected chi connectivity index (χ0v) is 22.5. The summed E-state index contributed by atoms with van der Waals surface area (Å²) in [7, 11) is 0. The Morgan fingerprint density at radius 1 is 0.811 bits per heavy atom. The third-order valence-corrected chi connectivity index (χ3v) is 7.26. The topological polar surface area (TPSA) is 91.1 Å². The maximum atomic E-state index is 13.4. The monoisotopic (exact) mass is 534 g/mol. The molecule has 1 aliphatic rings. The lowest BCUT2D eigenvalue weighted by Gasteiger charge is -2.37. The highest BCUT2D eigenvalue weighted by molar-refractivity contribution is 7.81. The Morgan fingerprint density at radius 3 is 1.92 bits per heavy atom. The minimum Gasteiger partial charge on any atom is -0.271 e. The molecule has 0 N–H and O–H groups in total. The van der Waals surface area contributed by atoms with Crippen LogP contribution in [0.1, 0.15) is 56.9 Å². The fraction of sp³-hybridized carbons (Fsp3) is 0.370. The summed E-state index contributed by atoms with van der Waals surface area (Å²) >= 11 is 6.93. The minimum atomic E-state index is -1.39. The van der Waals surface area contributed by atoms with Gasteiger partial charge in [-0.1, -0.05) is 93.2 Å². The normalized spacial score (nSPS) is 14.8. The van der Waals surface area contributed by atoms with Gasteiger partial charge < -0.3 is 0 Å². The third-order valence-electron chi connectivity index (χ3n) is 6.03. The number of anilines is 2. The molecule has 2 heterocycles. The van der Waals surface area contributed by atoms with E-state index in [2.05, 4.69) is 27.3 Å². The van der Waals surface area contributed by atoms with Gasteiger partial charge in [-0.25, -0.2) is 0 Å². The van der Waals surface area contributed by atoms with Crippen molar-refractivity contribution in [2.24, 2.45) is 10.2 Å². The first-order valence-electron chi connectivity index (χ1n) is 12.7.